The van der Waals surface area contributed by atoms with Crippen molar-refractivity contribution in [2.24, 2.45) is 23.2 Å². The molecule has 30 heavy (non-hydrogen) atoms. The predicted octanol–water partition coefficient (Wildman–Crippen LogP) is 6.99. The zero-order chi connectivity index (χ0) is 20.9. The maximum atomic E-state index is 12.6. The smallest absolute Gasteiger partial charge is 0.244 e. The van der Waals surface area contributed by atoms with E-state index in [1.54, 1.807) is 24.3 Å². The van der Waals surface area contributed by atoms with Crippen molar-refractivity contribution in [3.05, 3.63) is 52.2 Å². The van der Waals surface area contributed by atoms with Crippen LogP contribution in [0.1, 0.15) is 51.2 Å². The summed E-state index contributed by atoms with van der Waals surface area (Å²) in [5, 5.41) is 4.38. The summed E-state index contributed by atoms with van der Waals surface area (Å²) in [6, 6.07) is 9.20. The molecule has 1 atom stereocenters. The molecule has 1 unspecified atom stereocenters. The molecule has 4 bridgehead atoms. The third kappa shape index (κ3) is 3.83. The van der Waals surface area contributed by atoms with Crippen LogP contribution in [0.2, 0.25) is 10.0 Å². The molecule has 1 aromatic heterocycles. The van der Waals surface area contributed by atoms with Gasteiger partial charge in [0.15, 0.2) is 0 Å². The Kier molecular flexibility index (Phi) is 5.23. The number of halogens is 2. The van der Waals surface area contributed by atoms with E-state index in [9.17, 15) is 4.79 Å². The summed E-state index contributed by atoms with van der Waals surface area (Å²) in [6.07, 6.45) is 11.4. The quantitative estimate of drug-likeness (QED) is 0.505. The van der Waals surface area contributed by atoms with Gasteiger partial charge in [-0.2, -0.15) is 0 Å². The zero-order valence-electron chi connectivity index (χ0n) is 17.2. The van der Waals surface area contributed by atoms with E-state index in [0.29, 0.717) is 27.0 Å². The minimum absolute atomic E-state index is 0.0549. The number of rotatable bonds is 5. The molecule has 1 aromatic carbocycles. The molecule has 1 N–H and O–H groups in total. The summed E-state index contributed by atoms with van der Waals surface area (Å²) >= 11 is 12.2. The van der Waals surface area contributed by atoms with Gasteiger partial charge in [-0.1, -0.05) is 23.2 Å². The molecule has 6 rings (SSSR count). The molecular formula is C25H27Cl2NO2. The second-order valence-electron chi connectivity index (χ2n) is 9.67. The average Bonchev–Trinajstić information content (AvgIpc) is 3.14. The van der Waals surface area contributed by atoms with Crippen LogP contribution in [0.25, 0.3) is 17.4 Å². The van der Waals surface area contributed by atoms with Crippen LogP contribution in [0.3, 0.4) is 0 Å². The molecule has 4 saturated carbocycles. The maximum absolute atomic E-state index is 12.6. The highest BCUT2D eigenvalue weighted by Crippen LogP contribution is 2.61. The fourth-order valence-electron chi connectivity index (χ4n) is 6.56. The first kappa shape index (κ1) is 20.2. The van der Waals surface area contributed by atoms with Gasteiger partial charge in [0.05, 0.1) is 5.02 Å². The molecule has 5 heteroatoms. The lowest BCUT2D eigenvalue weighted by atomic mass is 9.48. The Labute approximate surface area is 187 Å². The predicted molar refractivity (Wildman–Crippen MR) is 121 cm³/mol. The molecule has 0 saturated heterocycles. The lowest BCUT2D eigenvalue weighted by Crippen LogP contribution is -2.55. The Morgan fingerprint density at radius 1 is 1.10 bits per heavy atom. The van der Waals surface area contributed by atoms with Gasteiger partial charge in [0, 0.05) is 22.7 Å². The van der Waals surface area contributed by atoms with Crippen molar-refractivity contribution in [1.82, 2.24) is 5.32 Å². The van der Waals surface area contributed by atoms with Gasteiger partial charge in [-0.15, -0.1) is 0 Å². The number of hydrogen-bond donors (Lipinski definition) is 1. The Hall–Kier alpha value is -1.71. The normalized spacial score (nSPS) is 30.7. The number of hydrogen-bond acceptors (Lipinski definition) is 2. The van der Waals surface area contributed by atoms with Gasteiger partial charge in [-0.3, -0.25) is 4.79 Å². The molecule has 3 nitrogen and oxygen atoms in total. The van der Waals surface area contributed by atoms with Crippen LogP contribution in [0, 0.1) is 23.2 Å². The standard InChI is InChI=1S/C25H27Cl2NO2/c1-15(25-12-16-8-17(13-25)10-18(9-16)14-25)28-24(29)7-4-20-3-6-23(30-20)21-5-2-19(26)11-22(21)27/h2-7,11,15-18H,8-10,12-14H2,1H3,(H,28,29)/b7-4+. The molecule has 4 fully saturated rings. The molecular weight excluding hydrogens is 417 g/mol. The number of amides is 1. The number of carbonyl (C=O) groups is 1. The summed E-state index contributed by atoms with van der Waals surface area (Å²) in [4.78, 5) is 12.6. The minimum atomic E-state index is -0.0549. The lowest BCUT2D eigenvalue weighted by molar-refractivity contribution is -0.121. The Morgan fingerprint density at radius 3 is 2.40 bits per heavy atom. The van der Waals surface area contributed by atoms with E-state index in [-0.39, 0.29) is 11.9 Å². The van der Waals surface area contributed by atoms with E-state index in [4.69, 9.17) is 27.6 Å². The van der Waals surface area contributed by atoms with Crippen molar-refractivity contribution in [3.8, 4) is 11.3 Å². The Morgan fingerprint density at radius 2 is 1.77 bits per heavy atom. The summed E-state index contributed by atoms with van der Waals surface area (Å²) in [6.45, 7) is 2.20. The highest BCUT2D eigenvalue weighted by Gasteiger charge is 2.53. The molecule has 158 valence electrons. The number of furan rings is 1. The molecule has 0 radical (unpaired) electrons. The Balaban J connectivity index is 1.23. The number of carbonyl (C=O) groups excluding carboxylic acids is 1. The topological polar surface area (TPSA) is 42.2 Å². The van der Waals surface area contributed by atoms with E-state index in [1.807, 2.05) is 18.2 Å². The molecule has 2 aromatic rings. The minimum Gasteiger partial charge on any atom is -0.457 e. The van der Waals surface area contributed by atoms with Crippen LogP contribution in [-0.4, -0.2) is 11.9 Å². The largest absolute Gasteiger partial charge is 0.457 e. The molecule has 4 aliphatic carbocycles. The highest BCUT2D eigenvalue weighted by atomic mass is 35.5. The van der Waals surface area contributed by atoms with Gasteiger partial charge < -0.3 is 9.73 Å². The van der Waals surface area contributed by atoms with Crippen molar-refractivity contribution in [1.29, 1.82) is 0 Å². The van der Waals surface area contributed by atoms with E-state index >= 15 is 0 Å². The second kappa shape index (κ2) is 7.76. The molecule has 0 spiro atoms. The molecule has 4 aliphatic rings. The van der Waals surface area contributed by atoms with Crippen molar-refractivity contribution >= 4 is 35.2 Å². The third-order valence-corrected chi connectivity index (χ3v) is 8.13. The monoisotopic (exact) mass is 443 g/mol. The fraction of sp³-hybridized carbons (Fsp3) is 0.480. The number of benzene rings is 1. The summed E-state index contributed by atoms with van der Waals surface area (Å²) < 4.78 is 5.85. The molecule has 0 aliphatic heterocycles. The van der Waals surface area contributed by atoms with Gasteiger partial charge in [-0.25, -0.2) is 0 Å². The Bertz CT molecular complexity index is 958. The van der Waals surface area contributed by atoms with Gasteiger partial charge in [0.1, 0.15) is 11.5 Å². The van der Waals surface area contributed by atoms with Gasteiger partial charge >= 0.3 is 0 Å². The van der Waals surface area contributed by atoms with E-state index in [1.165, 1.54) is 38.5 Å². The second-order valence-corrected chi connectivity index (χ2v) is 10.5. The highest BCUT2D eigenvalue weighted by molar-refractivity contribution is 6.36. The lowest BCUT2D eigenvalue weighted by Gasteiger charge is -2.59. The van der Waals surface area contributed by atoms with Crippen LogP contribution in [0.4, 0.5) is 0 Å². The maximum Gasteiger partial charge on any atom is 0.244 e. The third-order valence-electron chi connectivity index (χ3n) is 7.59. The van der Waals surface area contributed by atoms with Gasteiger partial charge in [0.2, 0.25) is 5.91 Å². The first-order valence-electron chi connectivity index (χ1n) is 10.9. The van der Waals surface area contributed by atoms with E-state index < -0.39 is 0 Å². The van der Waals surface area contributed by atoms with Crippen molar-refractivity contribution < 1.29 is 9.21 Å². The first-order chi connectivity index (χ1) is 14.4. The van der Waals surface area contributed by atoms with Crippen LogP contribution in [0.5, 0.6) is 0 Å². The average molecular weight is 444 g/mol. The van der Waals surface area contributed by atoms with Crippen LogP contribution in [-0.2, 0) is 4.79 Å². The molecule has 1 amide bonds. The number of nitrogens with one attached hydrogen (secondary N) is 1. The van der Waals surface area contributed by atoms with Crippen molar-refractivity contribution in [2.45, 2.75) is 51.5 Å². The van der Waals surface area contributed by atoms with E-state index in [0.717, 1.165) is 23.3 Å². The van der Waals surface area contributed by atoms with Crippen molar-refractivity contribution in [2.75, 3.05) is 0 Å². The summed E-state index contributed by atoms with van der Waals surface area (Å²) in [5.41, 5.74) is 1.09. The first-order valence-corrected chi connectivity index (χ1v) is 11.7. The summed E-state index contributed by atoms with van der Waals surface area (Å²) in [5.74, 6) is 3.86. The molecule has 1 heterocycles. The van der Waals surface area contributed by atoms with Crippen molar-refractivity contribution in [3.63, 3.8) is 0 Å². The van der Waals surface area contributed by atoms with Gasteiger partial charge in [-0.05, 0) is 105 Å². The van der Waals surface area contributed by atoms with Crippen LogP contribution in [0.15, 0.2) is 40.8 Å². The van der Waals surface area contributed by atoms with E-state index in [2.05, 4.69) is 12.2 Å². The SMILES string of the molecule is CC(NC(=O)/C=C/c1ccc(-c2ccc(Cl)cc2Cl)o1)C12CC3CC(CC(C3)C1)C2. The zero-order valence-corrected chi connectivity index (χ0v) is 18.7. The van der Waals surface area contributed by atoms with Gasteiger partial charge in [0.25, 0.3) is 0 Å². The summed E-state index contributed by atoms with van der Waals surface area (Å²) in [7, 11) is 0. The van der Waals surface area contributed by atoms with Crippen LogP contribution < -0.4 is 5.32 Å². The van der Waals surface area contributed by atoms with Crippen LogP contribution >= 0.6 is 23.2 Å². The fourth-order valence-corrected chi connectivity index (χ4v) is 7.06.